The number of rotatable bonds is 10. The average molecular weight is 425 g/mol. The first-order valence-corrected chi connectivity index (χ1v) is 10.7. The fraction of sp³-hybridized carbons (Fsp3) is 0.417. The maximum absolute atomic E-state index is 12.6. The van der Waals surface area contributed by atoms with Crippen molar-refractivity contribution < 1.29 is 14.7 Å². The minimum absolute atomic E-state index is 0.109. The molecule has 0 spiro atoms. The van der Waals surface area contributed by atoms with E-state index >= 15 is 0 Å². The average Bonchev–Trinajstić information content (AvgIpc) is 3.20. The second-order valence-electron chi connectivity index (χ2n) is 8.23. The Balaban J connectivity index is 1.59. The highest BCUT2D eigenvalue weighted by molar-refractivity contribution is 5.90. The quantitative estimate of drug-likeness (QED) is 0.460. The van der Waals surface area contributed by atoms with Crippen molar-refractivity contribution in [2.24, 2.45) is 0 Å². The van der Waals surface area contributed by atoms with E-state index in [9.17, 15) is 14.7 Å². The van der Waals surface area contributed by atoms with Gasteiger partial charge in [0.25, 0.3) is 0 Å². The van der Waals surface area contributed by atoms with E-state index in [1.165, 1.54) is 0 Å². The Hall–Kier alpha value is -2.90. The second-order valence-corrected chi connectivity index (χ2v) is 8.23. The first-order valence-electron chi connectivity index (χ1n) is 10.7. The molecule has 3 rings (SSSR count). The van der Waals surface area contributed by atoms with Crippen molar-refractivity contribution in [1.29, 1.82) is 0 Å². The summed E-state index contributed by atoms with van der Waals surface area (Å²) in [5.41, 5.74) is 3.27. The first kappa shape index (κ1) is 22.8. The van der Waals surface area contributed by atoms with Gasteiger partial charge in [-0.05, 0) is 36.1 Å². The molecule has 0 saturated carbocycles. The van der Waals surface area contributed by atoms with Crippen LogP contribution >= 0.6 is 0 Å². The smallest absolute Gasteiger partial charge is 0.242 e. The van der Waals surface area contributed by atoms with Crippen LogP contribution in [0.1, 0.15) is 24.0 Å². The van der Waals surface area contributed by atoms with Gasteiger partial charge in [-0.25, -0.2) is 0 Å². The van der Waals surface area contributed by atoms with Crippen molar-refractivity contribution in [2.75, 3.05) is 25.5 Å². The van der Waals surface area contributed by atoms with E-state index in [0.717, 1.165) is 16.8 Å². The maximum atomic E-state index is 12.6. The summed E-state index contributed by atoms with van der Waals surface area (Å²) in [6, 6.07) is 17.0. The Labute approximate surface area is 183 Å². The number of aliphatic hydroxyl groups excluding tert-OH is 1. The summed E-state index contributed by atoms with van der Waals surface area (Å²) in [5.74, 6) is -0.355. The number of hydrogen-bond donors (Lipinski definition) is 4. The van der Waals surface area contributed by atoms with E-state index < -0.39 is 18.2 Å². The van der Waals surface area contributed by atoms with Gasteiger partial charge in [0.2, 0.25) is 11.8 Å². The predicted molar refractivity (Wildman–Crippen MR) is 122 cm³/mol. The molecule has 1 aliphatic heterocycles. The lowest BCUT2D eigenvalue weighted by Crippen LogP contribution is -2.53. The SMILES string of the molecule is CN(C)c1cccc(CNC[C@@H](O)[C@H](Cc2ccccc2)NC(=O)[C@@H]2CCC(=O)N2)c1. The summed E-state index contributed by atoms with van der Waals surface area (Å²) in [4.78, 5) is 26.1. The van der Waals surface area contributed by atoms with Crippen molar-refractivity contribution in [3.8, 4) is 0 Å². The van der Waals surface area contributed by atoms with Gasteiger partial charge >= 0.3 is 0 Å². The molecule has 0 bridgehead atoms. The van der Waals surface area contributed by atoms with Crippen LogP contribution in [0, 0.1) is 0 Å². The summed E-state index contributed by atoms with van der Waals surface area (Å²) < 4.78 is 0. The summed E-state index contributed by atoms with van der Waals surface area (Å²) in [6.45, 7) is 0.949. The Morgan fingerprint density at radius 1 is 1.16 bits per heavy atom. The number of carbonyl (C=O) groups is 2. The third kappa shape index (κ3) is 6.80. The number of hydrogen-bond acceptors (Lipinski definition) is 5. The van der Waals surface area contributed by atoms with Crippen molar-refractivity contribution in [3.63, 3.8) is 0 Å². The van der Waals surface area contributed by atoms with Crippen LogP contribution in [0.3, 0.4) is 0 Å². The molecule has 4 N–H and O–H groups in total. The van der Waals surface area contributed by atoms with E-state index in [4.69, 9.17) is 0 Å². The number of anilines is 1. The van der Waals surface area contributed by atoms with Crippen molar-refractivity contribution >= 4 is 17.5 Å². The van der Waals surface area contributed by atoms with Gasteiger partial charge in [-0.15, -0.1) is 0 Å². The maximum Gasteiger partial charge on any atom is 0.242 e. The molecule has 1 fully saturated rings. The molecule has 2 amide bonds. The number of carbonyl (C=O) groups excluding carboxylic acids is 2. The molecule has 0 radical (unpaired) electrons. The minimum atomic E-state index is -0.779. The van der Waals surface area contributed by atoms with E-state index in [-0.39, 0.29) is 11.8 Å². The number of aliphatic hydroxyl groups is 1. The highest BCUT2D eigenvalue weighted by Gasteiger charge is 2.30. The van der Waals surface area contributed by atoms with Crippen molar-refractivity contribution in [3.05, 3.63) is 65.7 Å². The zero-order valence-electron chi connectivity index (χ0n) is 18.2. The molecule has 1 aliphatic rings. The molecule has 166 valence electrons. The van der Waals surface area contributed by atoms with Gasteiger partial charge in [-0.1, -0.05) is 42.5 Å². The molecule has 1 heterocycles. The third-order valence-corrected chi connectivity index (χ3v) is 5.51. The van der Waals surface area contributed by atoms with Gasteiger partial charge in [0.05, 0.1) is 12.1 Å². The van der Waals surface area contributed by atoms with Crippen LogP contribution in [0.5, 0.6) is 0 Å². The van der Waals surface area contributed by atoms with Crippen LogP contribution in [0.4, 0.5) is 5.69 Å². The summed E-state index contributed by atoms with van der Waals surface area (Å²) in [6.07, 6.45) is 0.571. The van der Waals surface area contributed by atoms with Crippen LogP contribution in [0.2, 0.25) is 0 Å². The molecule has 7 nitrogen and oxygen atoms in total. The predicted octanol–water partition coefficient (Wildman–Crippen LogP) is 1.21. The highest BCUT2D eigenvalue weighted by Crippen LogP contribution is 2.14. The topological polar surface area (TPSA) is 93.7 Å². The third-order valence-electron chi connectivity index (χ3n) is 5.51. The second kappa shape index (κ2) is 10.9. The monoisotopic (exact) mass is 424 g/mol. The van der Waals surface area contributed by atoms with Gasteiger partial charge in [-0.2, -0.15) is 0 Å². The Kier molecular flexibility index (Phi) is 8.03. The molecule has 7 heteroatoms. The minimum Gasteiger partial charge on any atom is -0.390 e. The van der Waals surface area contributed by atoms with Crippen LogP contribution in [-0.2, 0) is 22.6 Å². The molecule has 2 aromatic carbocycles. The zero-order chi connectivity index (χ0) is 22.2. The van der Waals surface area contributed by atoms with Gasteiger partial charge in [-0.3, -0.25) is 9.59 Å². The van der Waals surface area contributed by atoms with Crippen molar-refractivity contribution in [1.82, 2.24) is 16.0 Å². The van der Waals surface area contributed by atoms with Crippen LogP contribution in [-0.4, -0.2) is 55.7 Å². The van der Waals surface area contributed by atoms with Crippen molar-refractivity contribution in [2.45, 2.75) is 44.0 Å². The Bertz CT molecular complexity index is 872. The molecular weight excluding hydrogens is 392 g/mol. The van der Waals surface area contributed by atoms with Gasteiger partial charge in [0.1, 0.15) is 6.04 Å². The fourth-order valence-electron chi connectivity index (χ4n) is 3.70. The van der Waals surface area contributed by atoms with E-state index in [1.54, 1.807) is 0 Å². The van der Waals surface area contributed by atoms with E-state index in [2.05, 4.69) is 22.0 Å². The normalized spacial score (nSPS) is 17.6. The first-order chi connectivity index (χ1) is 14.9. The summed E-state index contributed by atoms with van der Waals surface area (Å²) >= 11 is 0. The largest absolute Gasteiger partial charge is 0.390 e. The van der Waals surface area contributed by atoms with Crippen LogP contribution in [0.25, 0.3) is 0 Å². The standard InChI is InChI=1S/C24H32N4O3/c1-28(2)19-10-6-9-18(13-19)15-25-16-22(29)21(14-17-7-4-3-5-8-17)27-24(31)20-11-12-23(30)26-20/h3-10,13,20-22,25,29H,11-12,14-16H2,1-2H3,(H,26,30)(H,27,31)/t20-,21-,22+/m0/s1. The molecule has 3 atom stereocenters. The Morgan fingerprint density at radius 2 is 1.90 bits per heavy atom. The van der Waals surface area contributed by atoms with E-state index in [1.807, 2.05) is 67.5 Å². The van der Waals surface area contributed by atoms with Gasteiger partial charge in [0, 0.05) is 39.3 Å². The number of nitrogens with one attached hydrogen (secondary N) is 3. The lowest BCUT2D eigenvalue weighted by Gasteiger charge is -2.26. The summed E-state index contributed by atoms with van der Waals surface area (Å²) in [5, 5.41) is 19.8. The number of benzene rings is 2. The lowest BCUT2D eigenvalue weighted by atomic mass is 10.00. The molecule has 1 saturated heterocycles. The molecule has 0 unspecified atom stereocenters. The molecular formula is C24H32N4O3. The number of nitrogens with zero attached hydrogens (tertiary/aromatic N) is 1. The Morgan fingerprint density at radius 3 is 2.58 bits per heavy atom. The molecule has 0 aliphatic carbocycles. The molecule has 2 aromatic rings. The van der Waals surface area contributed by atoms with Crippen LogP contribution < -0.4 is 20.9 Å². The summed E-state index contributed by atoms with van der Waals surface area (Å²) in [7, 11) is 4.00. The zero-order valence-corrected chi connectivity index (χ0v) is 18.2. The lowest BCUT2D eigenvalue weighted by molar-refractivity contribution is -0.126. The fourth-order valence-corrected chi connectivity index (χ4v) is 3.70. The molecule has 31 heavy (non-hydrogen) atoms. The van der Waals surface area contributed by atoms with Crippen LogP contribution in [0.15, 0.2) is 54.6 Å². The van der Waals surface area contributed by atoms with E-state index in [0.29, 0.717) is 32.4 Å². The number of amides is 2. The molecule has 0 aromatic heterocycles. The van der Waals surface area contributed by atoms with Gasteiger partial charge in [0.15, 0.2) is 0 Å². The highest BCUT2D eigenvalue weighted by atomic mass is 16.3. The van der Waals surface area contributed by atoms with Gasteiger partial charge < -0.3 is 26.0 Å².